The van der Waals surface area contributed by atoms with Crippen molar-refractivity contribution in [2.45, 2.75) is 10.4 Å². The van der Waals surface area contributed by atoms with Crippen molar-refractivity contribution in [3.05, 3.63) is 24.3 Å². The quantitative estimate of drug-likeness (QED) is 0.320. The average molecular weight is 266 g/mol. The molecule has 0 fully saturated rings. The SMILES string of the molecule is COCC(Sc1nc2ccccc2[nH]1)C(=O)NN. The first-order chi connectivity index (χ1) is 8.74. The largest absolute Gasteiger partial charge is 0.383 e. The summed E-state index contributed by atoms with van der Waals surface area (Å²) in [6, 6.07) is 7.68. The minimum absolute atomic E-state index is 0.269. The lowest BCUT2D eigenvalue weighted by Crippen LogP contribution is -2.39. The first-order valence-electron chi connectivity index (χ1n) is 5.35. The van der Waals surface area contributed by atoms with Gasteiger partial charge < -0.3 is 9.72 Å². The van der Waals surface area contributed by atoms with E-state index in [-0.39, 0.29) is 12.5 Å². The van der Waals surface area contributed by atoms with Crippen LogP contribution in [0.2, 0.25) is 0 Å². The molecule has 4 N–H and O–H groups in total. The molecule has 0 bridgehead atoms. The number of nitrogens with two attached hydrogens (primary N) is 1. The summed E-state index contributed by atoms with van der Waals surface area (Å²) >= 11 is 1.29. The summed E-state index contributed by atoms with van der Waals surface area (Å²) < 4.78 is 4.99. The van der Waals surface area contributed by atoms with Gasteiger partial charge in [0.1, 0.15) is 5.25 Å². The number of aromatic nitrogens is 2. The molecule has 0 aliphatic rings. The van der Waals surface area contributed by atoms with E-state index in [9.17, 15) is 4.79 Å². The van der Waals surface area contributed by atoms with Gasteiger partial charge in [-0.2, -0.15) is 0 Å². The van der Waals surface area contributed by atoms with Crippen molar-refractivity contribution in [1.29, 1.82) is 0 Å². The molecule has 1 atom stereocenters. The molecule has 2 rings (SSSR count). The van der Waals surface area contributed by atoms with Crippen LogP contribution in [0.15, 0.2) is 29.4 Å². The van der Waals surface area contributed by atoms with Gasteiger partial charge in [0.2, 0.25) is 5.91 Å². The van der Waals surface area contributed by atoms with Gasteiger partial charge in [-0.1, -0.05) is 23.9 Å². The second-order valence-corrected chi connectivity index (χ2v) is 4.82. The highest BCUT2D eigenvalue weighted by Crippen LogP contribution is 2.23. The van der Waals surface area contributed by atoms with E-state index in [2.05, 4.69) is 15.4 Å². The minimum Gasteiger partial charge on any atom is -0.383 e. The van der Waals surface area contributed by atoms with Crippen LogP contribution in [0.3, 0.4) is 0 Å². The van der Waals surface area contributed by atoms with E-state index in [0.717, 1.165) is 11.0 Å². The van der Waals surface area contributed by atoms with Crippen LogP contribution in [0, 0.1) is 0 Å². The topological polar surface area (TPSA) is 93.0 Å². The molecule has 1 aromatic carbocycles. The Kier molecular flexibility index (Phi) is 4.19. The normalized spacial score (nSPS) is 12.6. The molecule has 7 heteroatoms. The van der Waals surface area contributed by atoms with E-state index < -0.39 is 5.25 Å². The molecule has 0 saturated carbocycles. The molecule has 18 heavy (non-hydrogen) atoms. The smallest absolute Gasteiger partial charge is 0.249 e. The molecule has 0 saturated heterocycles. The van der Waals surface area contributed by atoms with Crippen molar-refractivity contribution in [3.63, 3.8) is 0 Å². The number of hydrogen-bond donors (Lipinski definition) is 3. The number of para-hydroxylation sites is 2. The fraction of sp³-hybridized carbons (Fsp3) is 0.273. The molecular formula is C11H14N4O2S. The third-order valence-electron chi connectivity index (χ3n) is 2.37. The van der Waals surface area contributed by atoms with Crippen LogP contribution in [0.4, 0.5) is 0 Å². The minimum atomic E-state index is -0.430. The fourth-order valence-electron chi connectivity index (χ4n) is 1.53. The number of H-pyrrole nitrogens is 1. The lowest BCUT2D eigenvalue weighted by molar-refractivity contribution is -0.121. The molecule has 1 unspecified atom stereocenters. The standard InChI is InChI=1S/C11H14N4O2S/c1-17-6-9(10(16)15-12)18-11-13-7-4-2-3-5-8(7)14-11/h2-5,9H,6,12H2,1H3,(H,13,14)(H,15,16). The second kappa shape index (κ2) is 5.85. The number of aromatic amines is 1. The van der Waals surface area contributed by atoms with Gasteiger partial charge >= 0.3 is 0 Å². The molecule has 0 aliphatic heterocycles. The first kappa shape index (κ1) is 12.9. The van der Waals surface area contributed by atoms with E-state index in [4.69, 9.17) is 10.6 Å². The zero-order valence-electron chi connectivity index (χ0n) is 9.84. The van der Waals surface area contributed by atoms with Crippen LogP contribution in [0.1, 0.15) is 0 Å². The lowest BCUT2D eigenvalue weighted by atomic mass is 10.3. The highest BCUT2D eigenvalue weighted by atomic mass is 32.2. The number of fused-ring (bicyclic) bond motifs is 1. The van der Waals surface area contributed by atoms with Gasteiger partial charge in [-0.25, -0.2) is 10.8 Å². The number of thioether (sulfide) groups is 1. The van der Waals surface area contributed by atoms with Crippen LogP contribution >= 0.6 is 11.8 Å². The van der Waals surface area contributed by atoms with E-state index in [1.165, 1.54) is 18.9 Å². The third-order valence-corrected chi connectivity index (χ3v) is 3.43. The van der Waals surface area contributed by atoms with Crippen LogP contribution in [-0.4, -0.2) is 34.8 Å². The van der Waals surface area contributed by atoms with Crippen LogP contribution in [0.25, 0.3) is 11.0 Å². The second-order valence-electron chi connectivity index (χ2n) is 3.63. The van der Waals surface area contributed by atoms with E-state index >= 15 is 0 Å². The van der Waals surface area contributed by atoms with Crippen molar-refractivity contribution in [2.24, 2.45) is 5.84 Å². The summed E-state index contributed by atoms with van der Waals surface area (Å²) in [5.41, 5.74) is 3.92. The molecule has 0 spiro atoms. The Balaban J connectivity index is 2.17. The molecule has 2 aromatic rings. The van der Waals surface area contributed by atoms with Crippen molar-refractivity contribution < 1.29 is 9.53 Å². The Morgan fingerprint density at radius 3 is 3.06 bits per heavy atom. The van der Waals surface area contributed by atoms with E-state index in [1.54, 1.807) is 0 Å². The van der Waals surface area contributed by atoms with Crippen molar-refractivity contribution in [1.82, 2.24) is 15.4 Å². The number of hydrazine groups is 1. The average Bonchev–Trinajstić information content (AvgIpc) is 2.79. The van der Waals surface area contributed by atoms with Crippen LogP contribution < -0.4 is 11.3 Å². The summed E-state index contributed by atoms with van der Waals surface area (Å²) in [4.78, 5) is 19.1. The van der Waals surface area contributed by atoms with Crippen LogP contribution in [0.5, 0.6) is 0 Å². The summed E-state index contributed by atoms with van der Waals surface area (Å²) in [7, 11) is 1.54. The monoisotopic (exact) mass is 266 g/mol. The Labute approximate surface area is 108 Å². The molecule has 96 valence electrons. The zero-order valence-corrected chi connectivity index (χ0v) is 10.7. The number of carbonyl (C=O) groups is 1. The Morgan fingerprint density at radius 1 is 1.61 bits per heavy atom. The number of methoxy groups -OCH3 is 1. The molecule has 1 aromatic heterocycles. The summed E-state index contributed by atoms with van der Waals surface area (Å²) in [6.45, 7) is 0.269. The molecule has 0 aliphatic carbocycles. The maximum atomic E-state index is 11.5. The number of imidazole rings is 1. The number of hydrogen-bond acceptors (Lipinski definition) is 5. The van der Waals surface area contributed by atoms with Gasteiger partial charge in [-0.15, -0.1) is 0 Å². The van der Waals surface area contributed by atoms with Gasteiger partial charge in [0.15, 0.2) is 5.16 Å². The van der Waals surface area contributed by atoms with Crippen molar-refractivity contribution in [3.8, 4) is 0 Å². The molecule has 0 radical (unpaired) electrons. The van der Waals surface area contributed by atoms with Gasteiger partial charge in [0.25, 0.3) is 0 Å². The Morgan fingerprint density at radius 2 is 2.39 bits per heavy atom. The number of ether oxygens (including phenoxy) is 1. The summed E-state index contributed by atoms with van der Waals surface area (Å²) in [6.07, 6.45) is 0. The van der Waals surface area contributed by atoms with Gasteiger partial charge in [-0.3, -0.25) is 10.2 Å². The number of benzene rings is 1. The molecule has 6 nitrogen and oxygen atoms in total. The number of nitrogens with zero attached hydrogens (tertiary/aromatic N) is 1. The van der Waals surface area contributed by atoms with Crippen molar-refractivity contribution in [2.75, 3.05) is 13.7 Å². The first-order valence-corrected chi connectivity index (χ1v) is 6.23. The lowest BCUT2D eigenvalue weighted by Gasteiger charge is -2.11. The predicted molar refractivity (Wildman–Crippen MR) is 69.9 cm³/mol. The maximum absolute atomic E-state index is 11.5. The molecule has 1 heterocycles. The van der Waals surface area contributed by atoms with Crippen LogP contribution in [-0.2, 0) is 9.53 Å². The third kappa shape index (κ3) is 2.81. The van der Waals surface area contributed by atoms with Gasteiger partial charge in [0, 0.05) is 7.11 Å². The van der Waals surface area contributed by atoms with Gasteiger partial charge in [0.05, 0.1) is 17.6 Å². The fourth-order valence-corrected chi connectivity index (χ4v) is 2.50. The molecular weight excluding hydrogens is 252 g/mol. The number of nitrogens with one attached hydrogen (secondary N) is 2. The highest BCUT2D eigenvalue weighted by Gasteiger charge is 2.20. The predicted octanol–water partition coefficient (Wildman–Crippen LogP) is 0.660. The van der Waals surface area contributed by atoms with Crippen molar-refractivity contribution >= 4 is 28.7 Å². The Bertz CT molecular complexity index is 510. The highest BCUT2D eigenvalue weighted by molar-refractivity contribution is 8.00. The Hall–Kier alpha value is -1.57. The summed E-state index contributed by atoms with van der Waals surface area (Å²) in [5, 5.41) is 0.238. The number of carbonyl (C=O) groups excluding carboxylic acids is 1. The molecule has 1 amide bonds. The number of amides is 1. The maximum Gasteiger partial charge on any atom is 0.249 e. The number of rotatable bonds is 5. The van der Waals surface area contributed by atoms with Gasteiger partial charge in [-0.05, 0) is 12.1 Å². The summed E-state index contributed by atoms with van der Waals surface area (Å²) in [5.74, 6) is 4.84. The van der Waals surface area contributed by atoms with E-state index in [1.807, 2.05) is 24.3 Å². The zero-order chi connectivity index (χ0) is 13.0. The van der Waals surface area contributed by atoms with E-state index in [0.29, 0.717) is 5.16 Å².